The molecule has 0 saturated heterocycles. The monoisotopic (exact) mass is 727 g/mol. The lowest BCUT2D eigenvalue weighted by Gasteiger charge is -2.17. The first kappa shape index (κ1) is 55.4. The Morgan fingerprint density at radius 2 is 0.520 bits per heavy atom. The molecule has 12 heteroatoms. The van der Waals surface area contributed by atoms with Crippen molar-refractivity contribution >= 4 is 11.9 Å². The number of hydrogen-bond acceptors (Lipinski definition) is 10. The molecule has 0 atom stereocenters. The van der Waals surface area contributed by atoms with Crippen molar-refractivity contribution in [2.24, 2.45) is 0 Å². The second kappa shape index (κ2) is 52.0. The number of unbranched alkanes of at least 4 members (excludes halogenated alkanes) is 18. The summed E-state index contributed by atoms with van der Waals surface area (Å²) in [6, 6.07) is 0. The molecule has 0 bridgehead atoms. The highest BCUT2D eigenvalue weighted by Crippen LogP contribution is 2.12. The predicted octanol–water partition coefficient (Wildman–Crippen LogP) is 5.29. The zero-order valence-corrected chi connectivity index (χ0v) is 32.3. The quantitative estimate of drug-likeness (QED) is 0.0399. The van der Waals surface area contributed by atoms with Crippen LogP contribution in [0, 0.1) is 0 Å². The summed E-state index contributed by atoms with van der Waals surface area (Å²) in [6.45, 7) is 7.98. The van der Waals surface area contributed by atoms with Crippen LogP contribution in [0.15, 0.2) is 0 Å². The average molecular weight is 727 g/mol. The molecule has 0 aromatic rings. The standard InChI is InChI=1S/C14H28O2.C12H24O2.2C6H15NO3/c1-2-3-4-5-6-7-8-9-10-11-12-13-14(15)16;1-2-3-4-5-6-7-8-9-10-11-12(13)14;2*8-4-1-7(2-5-9)3-6-10/h2-13H2,1H3,(H,15,16);2-11H2,1H3,(H,13,14);2*8-10H,1-6H2. The number of aliphatic hydroxyl groups is 6. The molecule has 0 aromatic carbocycles. The zero-order valence-electron chi connectivity index (χ0n) is 32.3. The van der Waals surface area contributed by atoms with Gasteiger partial charge in [-0.1, -0.05) is 129 Å². The number of rotatable bonds is 34. The minimum atomic E-state index is -0.659. The first-order valence-electron chi connectivity index (χ1n) is 19.8. The highest BCUT2D eigenvalue weighted by atomic mass is 16.4. The second-order valence-electron chi connectivity index (χ2n) is 12.7. The van der Waals surface area contributed by atoms with Gasteiger partial charge < -0.3 is 40.9 Å². The molecule has 0 unspecified atom stereocenters. The Morgan fingerprint density at radius 1 is 0.340 bits per heavy atom. The summed E-state index contributed by atoms with van der Waals surface area (Å²) >= 11 is 0. The van der Waals surface area contributed by atoms with E-state index in [4.69, 9.17) is 40.9 Å². The molecule has 0 aromatic heterocycles. The molecule has 0 saturated carbocycles. The molecular weight excluding hydrogens is 644 g/mol. The van der Waals surface area contributed by atoms with Gasteiger partial charge in [-0.2, -0.15) is 0 Å². The first-order valence-corrected chi connectivity index (χ1v) is 19.8. The predicted molar refractivity (Wildman–Crippen MR) is 204 cm³/mol. The summed E-state index contributed by atoms with van der Waals surface area (Å²) in [5.74, 6) is -1.32. The largest absolute Gasteiger partial charge is 0.481 e. The molecule has 0 aliphatic heterocycles. The molecule has 8 N–H and O–H groups in total. The highest BCUT2D eigenvalue weighted by Gasteiger charge is 2.01. The van der Waals surface area contributed by atoms with Gasteiger partial charge in [-0.25, -0.2) is 0 Å². The van der Waals surface area contributed by atoms with E-state index in [9.17, 15) is 9.59 Å². The molecular formula is C38H82N2O10. The summed E-state index contributed by atoms with van der Waals surface area (Å²) in [7, 11) is 0. The molecule has 0 amide bonds. The van der Waals surface area contributed by atoms with Crippen molar-refractivity contribution in [1.29, 1.82) is 0 Å². The normalized spacial score (nSPS) is 10.6. The molecule has 0 aliphatic rings. The van der Waals surface area contributed by atoms with Crippen LogP contribution in [0.2, 0.25) is 0 Å². The number of nitrogens with zero attached hydrogens (tertiary/aromatic N) is 2. The average Bonchev–Trinajstić information content (AvgIpc) is 3.08. The van der Waals surface area contributed by atoms with E-state index in [2.05, 4.69) is 13.8 Å². The van der Waals surface area contributed by atoms with Gasteiger partial charge in [-0.3, -0.25) is 19.4 Å². The number of carbonyl (C=O) groups is 2. The van der Waals surface area contributed by atoms with Crippen molar-refractivity contribution in [3.05, 3.63) is 0 Å². The fourth-order valence-electron chi connectivity index (χ4n) is 5.05. The third-order valence-corrected chi connectivity index (χ3v) is 7.99. The smallest absolute Gasteiger partial charge is 0.303 e. The van der Waals surface area contributed by atoms with Crippen LogP contribution in [0.3, 0.4) is 0 Å². The van der Waals surface area contributed by atoms with Gasteiger partial charge in [0.1, 0.15) is 0 Å². The number of carboxylic acids is 2. The molecule has 0 radical (unpaired) electrons. The molecule has 0 heterocycles. The van der Waals surface area contributed by atoms with E-state index in [0.717, 1.165) is 25.7 Å². The maximum absolute atomic E-state index is 10.3. The summed E-state index contributed by atoms with van der Waals surface area (Å²) in [5.41, 5.74) is 0. The number of carboxylic acid groups (broad SMARTS) is 2. The van der Waals surface area contributed by atoms with Crippen LogP contribution in [0.5, 0.6) is 0 Å². The zero-order chi connectivity index (χ0) is 38.4. The van der Waals surface area contributed by atoms with Crippen molar-refractivity contribution in [3.63, 3.8) is 0 Å². The van der Waals surface area contributed by atoms with Gasteiger partial charge in [0.2, 0.25) is 0 Å². The van der Waals surface area contributed by atoms with E-state index in [1.165, 1.54) is 103 Å². The van der Waals surface area contributed by atoms with E-state index in [0.29, 0.717) is 52.1 Å². The molecule has 0 spiro atoms. The summed E-state index contributed by atoms with van der Waals surface area (Å²) < 4.78 is 0. The van der Waals surface area contributed by atoms with E-state index < -0.39 is 11.9 Å². The van der Waals surface area contributed by atoms with Gasteiger partial charge >= 0.3 is 11.9 Å². The lowest BCUT2D eigenvalue weighted by Crippen LogP contribution is -2.32. The Balaban J connectivity index is -0.000000288. The van der Waals surface area contributed by atoms with Crippen molar-refractivity contribution in [2.75, 3.05) is 78.9 Å². The van der Waals surface area contributed by atoms with Crippen LogP contribution in [0.4, 0.5) is 0 Å². The van der Waals surface area contributed by atoms with Crippen molar-refractivity contribution in [1.82, 2.24) is 9.80 Å². The second-order valence-corrected chi connectivity index (χ2v) is 12.7. The lowest BCUT2D eigenvalue weighted by molar-refractivity contribution is -0.138. The van der Waals surface area contributed by atoms with Crippen molar-refractivity contribution in [3.8, 4) is 0 Å². The molecule has 0 fully saturated rings. The molecule has 50 heavy (non-hydrogen) atoms. The van der Waals surface area contributed by atoms with Crippen molar-refractivity contribution in [2.45, 2.75) is 155 Å². The summed E-state index contributed by atoms with van der Waals surface area (Å²) in [5, 5.41) is 67.8. The van der Waals surface area contributed by atoms with Crippen LogP contribution in [-0.4, -0.2) is 142 Å². The Hall–Kier alpha value is -1.38. The minimum absolute atomic E-state index is 0.0694. The van der Waals surface area contributed by atoms with Gasteiger partial charge in [-0.15, -0.1) is 0 Å². The van der Waals surface area contributed by atoms with Gasteiger partial charge in [0.15, 0.2) is 0 Å². The Kier molecular flexibility index (Phi) is 57.6. The highest BCUT2D eigenvalue weighted by molar-refractivity contribution is 5.66. The Morgan fingerprint density at radius 3 is 0.680 bits per heavy atom. The lowest BCUT2D eigenvalue weighted by atomic mass is 10.1. The molecule has 0 aliphatic carbocycles. The number of aliphatic carboxylic acids is 2. The Bertz CT molecular complexity index is 586. The third-order valence-electron chi connectivity index (χ3n) is 7.99. The summed E-state index contributed by atoms with van der Waals surface area (Å²) in [4.78, 5) is 24.0. The van der Waals surface area contributed by atoms with E-state index in [1.807, 2.05) is 0 Å². The van der Waals surface area contributed by atoms with Gasteiger partial charge in [0.25, 0.3) is 0 Å². The first-order chi connectivity index (χ1) is 24.2. The van der Waals surface area contributed by atoms with Gasteiger partial charge in [0, 0.05) is 52.1 Å². The fraction of sp³-hybridized carbons (Fsp3) is 0.947. The van der Waals surface area contributed by atoms with E-state index >= 15 is 0 Å². The van der Waals surface area contributed by atoms with Crippen LogP contribution < -0.4 is 0 Å². The van der Waals surface area contributed by atoms with Crippen LogP contribution in [0.1, 0.15) is 155 Å². The summed E-state index contributed by atoms with van der Waals surface area (Å²) in [6.07, 6.45) is 25.8. The minimum Gasteiger partial charge on any atom is -0.481 e. The van der Waals surface area contributed by atoms with Crippen LogP contribution in [0.25, 0.3) is 0 Å². The number of aliphatic hydroxyl groups excluding tert-OH is 6. The van der Waals surface area contributed by atoms with Gasteiger partial charge in [-0.05, 0) is 12.8 Å². The topological polar surface area (TPSA) is 202 Å². The third kappa shape index (κ3) is 58.8. The molecule has 12 nitrogen and oxygen atoms in total. The van der Waals surface area contributed by atoms with E-state index in [-0.39, 0.29) is 39.6 Å². The maximum Gasteiger partial charge on any atom is 0.303 e. The van der Waals surface area contributed by atoms with Crippen molar-refractivity contribution < 1.29 is 50.4 Å². The fourth-order valence-corrected chi connectivity index (χ4v) is 5.05. The Labute approximate surface area is 305 Å². The number of hydrogen-bond donors (Lipinski definition) is 8. The van der Waals surface area contributed by atoms with E-state index in [1.54, 1.807) is 9.80 Å². The SMILES string of the molecule is CCCCCCCCCCCC(=O)O.CCCCCCCCCCCCCC(=O)O.OCCN(CCO)CCO.OCCN(CCO)CCO. The van der Waals surface area contributed by atoms with Crippen LogP contribution in [-0.2, 0) is 9.59 Å². The van der Waals surface area contributed by atoms with Crippen LogP contribution >= 0.6 is 0 Å². The van der Waals surface area contributed by atoms with Gasteiger partial charge in [0.05, 0.1) is 39.6 Å². The molecule has 0 rings (SSSR count). The molecule has 304 valence electrons. The maximum atomic E-state index is 10.3.